The Morgan fingerprint density at radius 1 is 0.600 bits per heavy atom. The summed E-state index contributed by atoms with van der Waals surface area (Å²) in [5.41, 5.74) is 2.17. The molecule has 0 saturated carbocycles. The fraction of sp³-hybridized carbons (Fsp3) is 0.250. The molecule has 0 aromatic heterocycles. The van der Waals surface area contributed by atoms with Gasteiger partial charge in [-0.15, -0.1) is 0 Å². The molecule has 3 aromatic rings. The predicted octanol–water partition coefficient (Wildman–Crippen LogP) is 6.85. The minimum absolute atomic E-state index is 0.0628. The van der Waals surface area contributed by atoms with E-state index in [9.17, 15) is 18.6 Å². The van der Waals surface area contributed by atoms with Gasteiger partial charge in [-0.25, -0.2) is 0 Å². The van der Waals surface area contributed by atoms with Gasteiger partial charge in [0.1, 0.15) is 11.8 Å². The summed E-state index contributed by atoms with van der Waals surface area (Å²) in [5.74, 6) is -1.50. The van der Waals surface area contributed by atoms with Gasteiger partial charge in [0.2, 0.25) is 7.37 Å². The van der Waals surface area contributed by atoms with Crippen LogP contribution in [-0.2, 0) is 51.6 Å². The lowest BCUT2D eigenvalue weighted by Crippen LogP contribution is -2.07. The molecule has 1 N–H and O–H groups in total. The molecule has 0 aliphatic heterocycles. The predicted molar refractivity (Wildman–Crippen MR) is 135 cm³/mol. The van der Waals surface area contributed by atoms with E-state index in [2.05, 4.69) is 4.52 Å². The Hall–Kier alpha value is -1.85. The first-order chi connectivity index (χ1) is 16.7. The molecule has 2 atom stereocenters. The monoisotopic (exact) mass is 538 g/mol. The van der Waals surface area contributed by atoms with Crippen LogP contribution in [-0.4, -0.2) is 23.8 Å². The highest BCUT2D eigenvalue weighted by Gasteiger charge is 2.42. The van der Waals surface area contributed by atoms with E-state index in [-0.39, 0.29) is 19.8 Å². The van der Waals surface area contributed by atoms with E-state index < -0.39 is 34.4 Å². The highest BCUT2D eigenvalue weighted by molar-refractivity contribution is 7.80. The van der Waals surface area contributed by atoms with Crippen molar-refractivity contribution in [3.63, 3.8) is 0 Å². The van der Waals surface area contributed by atoms with Gasteiger partial charge in [-0.2, -0.15) is 0 Å². The summed E-state index contributed by atoms with van der Waals surface area (Å²) in [6.07, 6.45) is 0. The van der Waals surface area contributed by atoms with Crippen LogP contribution in [0.3, 0.4) is 0 Å². The molecule has 0 fully saturated rings. The van der Waals surface area contributed by atoms with E-state index in [1.54, 1.807) is 48.5 Å². The van der Waals surface area contributed by atoms with Crippen LogP contribution in [0, 0.1) is 0 Å². The molecule has 11 heteroatoms. The van der Waals surface area contributed by atoms with Crippen LogP contribution in [0.5, 0.6) is 0 Å². The van der Waals surface area contributed by atoms with E-state index in [1.165, 1.54) is 0 Å². The lowest BCUT2D eigenvalue weighted by atomic mass is 10.2. The molecule has 3 aromatic carbocycles. The van der Waals surface area contributed by atoms with Crippen molar-refractivity contribution in [3.05, 3.63) is 108 Å². The average Bonchev–Trinajstić information content (AvgIpc) is 2.87. The molecular formula is C24H29O8P3. The number of benzene rings is 3. The maximum atomic E-state index is 13.9. The van der Waals surface area contributed by atoms with Gasteiger partial charge >= 0.3 is 15.2 Å². The molecule has 2 unspecified atom stereocenters. The van der Waals surface area contributed by atoms with Crippen molar-refractivity contribution in [1.82, 2.24) is 0 Å². The fourth-order valence-electron chi connectivity index (χ4n) is 3.10. The lowest BCUT2D eigenvalue weighted by Gasteiger charge is -2.25. The highest BCUT2D eigenvalue weighted by atomic mass is 31.3. The maximum Gasteiger partial charge on any atom is 0.340 e. The molecule has 0 saturated heterocycles. The van der Waals surface area contributed by atoms with Crippen molar-refractivity contribution in [1.29, 1.82) is 0 Å². The zero-order valence-electron chi connectivity index (χ0n) is 19.3. The second-order valence-corrected chi connectivity index (χ2v) is 15.3. The smallest absolute Gasteiger partial charge is 0.324 e. The molecule has 0 heterocycles. The zero-order chi connectivity index (χ0) is 25.2. The molecule has 0 spiro atoms. The van der Waals surface area contributed by atoms with Crippen LogP contribution < -0.4 is 0 Å². The van der Waals surface area contributed by atoms with Crippen LogP contribution >= 0.6 is 22.6 Å². The van der Waals surface area contributed by atoms with Gasteiger partial charge in [0.25, 0.3) is 0 Å². The van der Waals surface area contributed by atoms with Crippen molar-refractivity contribution < 1.29 is 36.7 Å². The Labute approximate surface area is 205 Å². The number of hydrogen-bond donors (Lipinski definition) is 1. The summed E-state index contributed by atoms with van der Waals surface area (Å²) >= 11 is 0. The first-order valence-corrected chi connectivity index (χ1v) is 16.3. The Morgan fingerprint density at radius 3 is 1.34 bits per heavy atom. The molecule has 8 nitrogen and oxygen atoms in total. The molecule has 3 rings (SSSR count). The zero-order valence-corrected chi connectivity index (χ0v) is 22.0. The molecule has 188 valence electrons. The largest absolute Gasteiger partial charge is 0.340 e. The first-order valence-electron chi connectivity index (χ1n) is 10.8. The van der Waals surface area contributed by atoms with E-state index in [0.29, 0.717) is 5.56 Å². The highest BCUT2D eigenvalue weighted by Crippen LogP contribution is 2.69. The first kappa shape index (κ1) is 27.7. The normalized spacial score (nSPS) is 15.3. The third kappa shape index (κ3) is 9.61. The standard InChI is InChI=1S/C24H29O8P3/c1-29-34(26,27)20-33(25,30-17-22-11-5-2-6-12-22)21-35(28,31-18-23-13-7-3-8-14-23)32-19-24-15-9-4-10-16-24/h2-16H,17-21H2,1H3,(H,26,27). The molecule has 0 aliphatic carbocycles. The summed E-state index contributed by atoms with van der Waals surface area (Å²) in [4.78, 5) is 10.1. The topological polar surface area (TPSA) is 108 Å². The molecule has 0 radical (unpaired) electrons. The summed E-state index contributed by atoms with van der Waals surface area (Å²) in [5, 5.41) is 0. The lowest BCUT2D eigenvalue weighted by molar-refractivity contribution is 0.193. The molecule has 35 heavy (non-hydrogen) atoms. The molecular weight excluding hydrogens is 509 g/mol. The summed E-state index contributed by atoms with van der Waals surface area (Å²) in [6, 6.07) is 27.0. The SMILES string of the molecule is COP(=O)(O)CP(=O)(CP(=O)(OCc1ccccc1)OCc1ccccc1)OCc1ccccc1. The van der Waals surface area contributed by atoms with Gasteiger partial charge < -0.3 is 23.0 Å². The van der Waals surface area contributed by atoms with Crippen LogP contribution in [0.2, 0.25) is 0 Å². The second-order valence-electron chi connectivity index (χ2n) is 7.81. The summed E-state index contributed by atoms with van der Waals surface area (Å²) in [6.45, 7) is -0.238. The van der Waals surface area contributed by atoms with Gasteiger partial charge in [-0.05, 0) is 16.7 Å². The van der Waals surface area contributed by atoms with Gasteiger partial charge in [0, 0.05) is 7.11 Å². The Kier molecular flexibility index (Phi) is 10.2. The van der Waals surface area contributed by atoms with E-state index in [1.807, 2.05) is 42.5 Å². The van der Waals surface area contributed by atoms with E-state index >= 15 is 0 Å². The van der Waals surface area contributed by atoms with Gasteiger partial charge in [0.15, 0.2) is 0 Å². The van der Waals surface area contributed by atoms with Gasteiger partial charge in [0.05, 0.1) is 19.8 Å². The third-order valence-electron chi connectivity index (χ3n) is 4.92. The van der Waals surface area contributed by atoms with Gasteiger partial charge in [-0.3, -0.25) is 13.7 Å². The second kappa shape index (κ2) is 12.9. The van der Waals surface area contributed by atoms with Crippen molar-refractivity contribution in [3.8, 4) is 0 Å². The molecule has 0 amide bonds. The van der Waals surface area contributed by atoms with E-state index in [4.69, 9.17) is 13.6 Å². The quantitative estimate of drug-likeness (QED) is 0.222. The van der Waals surface area contributed by atoms with Crippen molar-refractivity contribution in [2.45, 2.75) is 19.8 Å². The van der Waals surface area contributed by atoms with Crippen LogP contribution in [0.25, 0.3) is 0 Å². The van der Waals surface area contributed by atoms with E-state index in [0.717, 1.165) is 18.2 Å². The fourth-order valence-corrected chi connectivity index (χ4v) is 11.5. The summed E-state index contributed by atoms with van der Waals surface area (Å²) < 4.78 is 61.8. The van der Waals surface area contributed by atoms with Crippen LogP contribution in [0.4, 0.5) is 0 Å². The summed E-state index contributed by atoms with van der Waals surface area (Å²) in [7, 11) is -11.3. The Balaban J connectivity index is 1.84. The number of hydrogen-bond acceptors (Lipinski definition) is 7. The van der Waals surface area contributed by atoms with Crippen molar-refractivity contribution in [2.24, 2.45) is 0 Å². The molecule has 0 aliphatic rings. The minimum atomic E-state index is -4.28. The Bertz CT molecular complexity index is 1140. The van der Waals surface area contributed by atoms with Crippen molar-refractivity contribution >= 4 is 22.6 Å². The number of rotatable bonds is 14. The average molecular weight is 538 g/mol. The van der Waals surface area contributed by atoms with Gasteiger partial charge in [-0.1, -0.05) is 91.0 Å². The third-order valence-corrected chi connectivity index (χ3v) is 13.4. The minimum Gasteiger partial charge on any atom is -0.324 e. The molecule has 0 bridgehead atoms. The van der Waals surface area contributed by atoms with Crippen molar-refractivity contribution in [2.75, 3.05) is 18.9 Å². The van der Waals surface area contributed by atoms with Crippen LogP contribution in [0.1, 0.15) is 16.7 Å². The van der Waals surface area contributed by atoms with Crippen LogP contribution in [0.15, 0.2) is 91.0 Å². The Morgan fingerprint density at radius 2 is 0.971 bits per heavy atom. The maximum absolute atomic E-state index is 13.9.